The normalized spacial score (nSPS) is 20.7. The Morgan fingerprint density at radius 1 is 1.38 bits per heavy atom. The lowest BCUT2D eigenvalue weighted by molar-refractivity contribution is -0.151. The summed E-state index contributed by atoms with van der Waals surface area (Å²) in [5.74, 6) is -1.26. The molecule has 2 aromatic rings. The van der Waals surface area contributed by atoms with Gasteiger partial charge in [0.05, 0.1) is 16.4 Å². The van der Waals surface area contributed by atoms with Crippen LogP contribution < -0.4 is 5.32 Å². The number of aromatic nitrogens is 6. The summed E-state index contributed by atoms with van der Waals surface area (Å²) in [5, 5.41) is 28.8. The molecule has 2 amide bonds. The molecule has 0 bridgehead atoms. The SMILES string of the molecule is CC[C@H](C(=O)N[C@@H]1C(=O)N2C(C(=O)O)=C(CSc3nnnn3C)CS[C@H]12)n1nc(C)c(Cl)c1C. The minimum Gasteiger partial charge on any atom is -0.477 e. The smallest absolute Gasteiger partial charge is 0.352 e. The van der Waals surface area contributed by atoms with Gasteiger partial charge in [0.15, 0.2) is 0 Å². The molecule has 0 unspecified atom stereocenters. The number of carboxylic acids is 1. The molecule has 1 saturated heterocycles. The zero-order valence-electron chi connectivity index (χ0n) is 18.9. The molecule has 0 aliphatic carbocycles. The Morgan fingerprint density at radius 2 is 2.12 bits per heavy atom. The molecular formula is C19H23ClN8O4S2. The summed E-state index contributed by atoms with van der Waals surface area (Å²) in [6, 6.07) is -1.45. The fourth-order valence-electron chi connectivity index (χ4n) is 3.95. The van der Waals surface area contributed by atoms with E-state index < -0.39 is 29.3 Å². The van der Waals surface area contributed by atoms with Crippen LogP contribution in [0.3, 0.4) is 0 Å². The lowest BCUT2D eigenvalue weighted by Crippen LogP contribution is -2.71. The van der Waals surface area contributed by atoms with Crippen molar-refractivity contribution in [3.8, 4) is 0 Å². The lowest BCUT2D eigenvalue weighted by atomic mass is 10.0. The number of tetrazole rings is 1. The highest BCUT2D eigenvalue weighted by Gasteiger charge is 2.54. The quantitative estimate of drug-likeness (QED) is 0.379. The molecule has 2 aliphatic rings. The Bertz CT molecular complexity index is 1200. The summed E-state index contributed by atoms with van der Waals surface area (Å²) in [7, 11) is 1.69. The van der Waals surface area contributed by atoms with E-state index >= 15 is 0 Å². The summed E-state index contributed by atoms with van der Waals surface area (Å²) in [6.45, 7) is 5.39. The summed E-state index contributed by atoms with van der Waals surface area (Å²) < 4.78 is 3.06. The third-order valence-electron chi connectivity index (χ3n) is 5.73. The molecule has 0 aromatic carbocycles. The molecule has 34 heavy (non-hydrogen) atoms. The van der Waals surface area contributed by atoms with E-state index in [1.165, 1.54) is 33.1 Å². The predicted molar refractivity (Wildman–Crippen MR) is 125 cm³/mol. The van der Waals surface area contributed by atoms with E-state index in [9.17, 15) is 19.5 Å². The number of amides is 2. The first-order chi connectivity index (χ1) is 16.1. The number of thioether (sulfide) groups is 2. The molecule has 2 aromatic heterocycles. The van der Waals surface area contributed by atoms with E-state index in [4.69, 9.17) is 11.6 Å². The van der Waals surface area contributed by atoms with Gasteiger partial charge >= 0.3 is 5.97 Å². The standard InChI is InChI=1S/C19H23ClN8O4S2/c1-5-11(28-9(3)12(20)8(2)23-28)15(29)21-13-16(30)27-14(18(31)32)10(6-33-17(13)27)7-34-19-22-24-25-26(19)4/h11,13,17H,5-7H2,1-4H3,(H,21,29)(H,31,32)/t11-,13-,17-/m1/s1. The van der Waals surface area contributed by atoms with Crippen LogP contribution in [-0.2, 0) is 21.4 Å². The van der Waals surface area contributed by atoms with E-state index in [2.05, 4.69) is 25.9 Å². The molecule has 0 radical (unpaired) electrons. The molecule has 0 spiro atoms. The van der Waals surface area contributed by atoms with Crippen molar-refractivity contribution in [3.05, 3.63) is 27.7 Å². The molecule has 2 N–H and O–H groups in total. The highest BCUT2D eigenvalue weighted by Crippen LogP contribution is 2.41. The Hall–Kier alpha value is -2.58. The first-order valence-corrected chi connectivity index (χ1v) is 12.8. The van der Waals surface area contributed by atoms with Gasteiger partial charge in [0, 0.05) is 18.6 Å². The molecule has 4 heterocycles. The second-order valence-electron chi connectivity index (χ2n) is 7.88. The van der Waals surface area contributed by atoms with Crippen molar-refractivity contribution in [1.82, 2.24) is 40.2 Å². The van der Waals surface area contributed by atoms with Crippen molar-refractivity contribution in [1.29, 1.82) is 0 Å². The molecule has 0 saturated carbocycles. The van der Waals surface area contributed by atoms with Crippen molar-refractivity contribution in [2.75, 3.05) is 11.5 Å². The Balaban J connectivity index is 1.49. The number of aliphatic carboxylic acids is 1. The summed E-state index contributed by atoms with van der Waals surface area (Å²) in [4.78, 5) is 39.3. The largest absolute Gasteiger partial charge is 0.477 e. The lowest BCUT2D eigenvalue weighted by Gasteiger charge is -2.49. The molecule has 12 nitrogen and oxygen atoms in total. The van der Waals surface area contributed by atoms with Gasteiger partial charge in [-0.3, -0.25) is 19.2 Å². The van der Waals surface area contributed by atoms with E-state index in [1.807, 2.05) is 6.92 Å². The van der Waals surface area contributed by atoms with Gasteiger partial charge in [-0.05, 0) is 36.3 Å². The van der Waals surface area contributed by atoms with Crippen LogP contribution in [0.25, 0.3) is 0 Å². The van der Waals surface area contributed by atoms with Crippen molar-refractivity contribution in [2.24, 2.45) is 7.05 Å². The van der Waals surface area contributed by atoms with Gasteiger partial charge in [-0.2, -0.15) is 5.10 Å². The van der Waals surface area contributed by atoms with Crippen LogP contribution in [0.4, 0.5) is 0 Å². The molecule has 182 valence electrons. The average molecular weight is 527 g/mol. The average Bonchev–Trinajstić information content (AvgIpc) is 3.33. The van der Waals surface area contributed by atoms with Crippen molar-refractivity contribution in [2.45, 2.75) is 49.8 Å². The number of β-lactam (4-membered cyclic amide) rings is 1. The highest BCUT2D eigenvalue weighted by atomic mass is 35.5. The van der Waals surface area contributed by atoms with Crippen LogP contribution in [0.15, 0.2) is 16.4 Å². The number of carbonyl (C=O) groups excluding carboxylic acids is 2. The first-order valence-electron chi connectivity index (χ1n) is 10.4. The summed E-state index contributed by atoms with van der Waals surface area (Å²) in [5.41, 5.74) is 1.85. The van der Waals surface area contributed by atoms with Crippen LogP contribution in [0.5, 0.6) is 0 Å². The Labute approximate surface area is 208 Å². The third kappa shape index (κ3) is 4.18. The Morgan fingerprint density at radius 3 is 2.68 bits per heavy atom. The van der Waals surface area contributed by atoms with Crippen LogP contribution in [-0.4, -0.2) is 80.7 Å². The topological polar surface area (TPSA) is 148 Å². The number of carbonyl (C=O) groups is 3. The summed E-state index contributed by atoms with van der Waals surface area (Å²) >= 11 is 8.95. The molecule has 3 atom stereocenters. The van der Waals surface area contributed by atoms with Gasteiger partial charge in [0.25, 0.3) is 5.91 Å². The zero-order chi connectivity index (χ0) is 24.7. The molecule has 2 aliphatic heterocycles. The van der Waals surface area contributed by atoms with Gasteiger partial charge in [0.2, 0.25) is 11.1 Å². The second kappa shape index (κ2) is 9.58. The van der Waals surface area contributed by atoms with E-state index in [0.29, 0.717) is 45.1 Å². The number of halogens is 1. The number of hydrogen-bond donors (Lipinski definition) is 2. The predicted octanol–water partition coefficient (Wildman–Crippen LogP) is 1.16. The summed E-state index contributed by atoms with van der Waals surface area (Å²) in [6.07, 6.45) is 0.450. The van der Waals surface area contributed by atoms with Gasteiger partial charge in [-0.15, -0.1) is 16.9 Å². The minimum absolute atomic E-state index is 0.0424. The van der Waals surface area contributed by atoms with Crippen molar-refractivity contribution < 1.29 is 19.5 Å². The number of nitrogens with one attached hydrogen (secondary N) is 1. The number of rotatable bonds is 8. The molecule has 4 rings (SSSR count). The van der Waals surface area contributed by atoms with Crippen LogP contribution in [0, 0.1) is 13.8 Å². The van der Waals surface area contributed by atoms with Crippen molar-refractivity contribution in [3.63, 3.8) is 0 Å². The molecule has 1 fully saturated rings. The maximum atomic E-state index is 13.1. The second-order valence-corrected chi connectivity index (χ2v) is 10.3. The van der Waals surface area contributed by atoms with Gasteiger partial charge in [-0.25, -0.2) is 9.48 Å². The fourth-order valence-corrected chi connectivity index (χ4v) is 6.41. The fraction of sp³-hybridized carbons (Fsp3) is 0.526. The number of nitrogens with zero attached hydrogens (tertiary/aromatic N) is 7. The number of hydrogen-bond acceptors (Lipinski definition) is 9. The highest BCUT2D eigenvalue weighted by molar-refractivity contribution is 8.01. The van der Waals surface area contributed by atoms with Crippen LogP contribution >= 0.6 is 35.1 Å². The number of carboxylic acid groups (broad SMARTS) is 1. The van der Waals surface area contributed by atoms with Crippen LogP contribution in [0.2, 0.25) is 5.02 Å². The van der Waals surface area contributed by atoms with Gasteiger partial charge in [-0.1, -0.05) is 30.3 Å². The van der Waals surface area contributed by atoms with E-state index in [-0.39, 0.29) is 11.6 Å². The minimum atomic E-state index is -1.18. The zero-order valence-corrected chi connectivity index (χ0v) is 21.2. The maximum Gasteiger partial charge on any atom is 0.352 e. The van der Waals surface area contributed by atoms with Crippen molar-refractivity contribution >= 4 is 52.9 Å². The van der Waals surface area contributed by atoms with Gasteiger partial charge < -0.3 is 10.4 Å². The molecular weight excluding hydrogens is 504 g/mol. The Kier molecular flexibility index (Phi) is 6.92. The third-order valence-corrected chi connectivity index (χ3v) is 8.71. The van der Waals surface area contributed by atoms with E-state index in [1.54, 1.807) is 25.6 Å². The van der Waals surface area contributed by atoms with E-state index in [0.717, 1.165) is 0 Å². The number of fused-ring (bicyclic) bond motifs is 1. The molecule has 15 heteroatoms. The van der Waals surface area contributed by atoms with Gasteiger partial charge in [0.1, 0.15) is 23.2 Å². The van der Waals surface area contributed by atoms with Crippen LogP contribution in [0.1, 0.15) is 30.8 Å². The monoisotopic (exact) mass is 526 g/mol. The number of aryl methyl sites for hydroxylation is 2. The first kappa shape index (κ1) is 24.5. The maximum absolute atomic E-state index is 13.1.